The van der Waals surface area contributed by atoms with E-state index < -0.39 is 17.9 Å². The zero-order valence-corrected chi connectivity index (χ0v) is 14.0. The maximum atomic E-state index is 13.5. The first kappa shape index (κ1) is 17.3. The first-order valence-corrected chi connectivity index (χ1v) is 7.91. The van der Waals surface area contributed by atoms with Gasteiger partial charge < -0.3 is 16.8 Å². The predicted molar refractivity (Wildman–Crippen MR) is 97.7 cm³/mol. The fourth-order valence-corrected chi connectivity index (χ4v) is 2.64. The largest absolute Gasteiger partial charge is 0.383 e. The van der Waals surface area contributed by atoms with Crippen LogP contribution in [-0.4, -0.2) is 22.8 Å². The minimum Gasteiger partial charge on any atom is -0.383 e. The molecule has 0 aliphatic heterocycles. The van der Waals surface area contributed by atoms with Crippen molar-refractivity contribution >= 4 is 28.4 Å². The summed E-state index contributed by atoms with van der Waals surface area (Å²) in [6.07, 6.45) is 1.35. The molecule has 0 bridgehead atoms. The van der Waals surface area contributed by atoms with Gasteiger partial charge in [-0.15, -0.1) is 0 Å². The van der Waals surface area contributed by atoms with Crippen molar-refractivity contribution in [2.24, 2.45) is 5.73 Å². The lowest BCUT2D eigenvalue weighted by Gasteiger charge is -2.13. The fourth-order valence-electron chi connectivity index (χ4n) is 2.64. The van der Waals surface area contributed by atoms with Gasteiger partial charge in [0.2, 0.25) is 5.91 Å². The van der Waals surface area contributed by atoms with E-state index in [2.05, 4.69) is 10.3 Å². The average molecular weight is 352 g/mol. The number of nitrogens with zero attached hydrogens (tertiary/aromatic N) is 1. The van der Waals surface area contributed by atoms with Gasteiger partial charge in [-0.25, -0.2) is 9.37 Å². The molecule has 0 aliphatic carbocycles. The van der Waals surface area contributed by atoms with E-state index in [-0.39, 0.29) is 17.2 Å². The van der Waals surface area contributed by atoms with Gasteiger partial charge in [-0.1, -0.05) is 24.3 Å². The second-order valence-corrected chi connectivity index (χ2v) is 5.93. The Kier molecular flexibility index (Phi) is 4.53. The molecule has 1 atom stereocenters. The predicted octanol–water partition coefficient (Wildman–Crippen LogP) is 2.23. The Labute approximate surface area is 149 Å². The number of fused-ring (bicyclic) bond motifs is 1. The Bertz CT molecular complexity index is 1020. The van der Waals surface area contributed by atoms with E-state index in [1.165, 1.54) is 25.3 Å². The zero-order valence-electron chi connectivity index (χ0n) is 14.0. The number of primary amides is 1. The molecule has 0 saturated heterocycles. The molecule has 26 heavy (non-hydrogen) atoms. The van der Waals surface area contributed by atoms with Gasteiger partial charge in [0.25, 0.3) is 5.91 Å². The van der Waals surface area contributed by atoms with Crippen LogP contribution in [0.3, 0.4) is 0 Å². The molecule has 0 fully saturated rings. The molecule has 3 rings (SSSR count). The van der Waals surface area contributed by atoms with Crippen molar-refractivity contribution in [1.82, 2.24) is 10.3 Å². The minimum absolute atomic E-state index is 0.248. The van der Waals surface area contributed by atoms with Crippen LogP contribution >= 0.6 is 0 Å². The Morgan fingerprint density at radius 1 is 1.12 bits per heavy atom. The molecule has 0 aliphatic rings. The lowest BCUT2D eigenvalue weighted by molar-refractivity contribution is -0.119. The van der Waals surface area contributed by atoms with Crippen LogP contribution in [0.2, 0.25) is 0 Å². The minimum atomic E-state index is -0.818. The number of carbonyl (C=O) groups excluding carboxylic acids is 2. The number of rotatable bonds is 4. The quantitative estimate of drug-likeness (QED) is 0.668. The molecule has 1 heterocycles. The number of halogens is 1. The van der Waals surface area contributed by atoms with Crippen molar-refractivity contribution < 1.29 is 14.0 Å². The third-order valence-electron chi connectivity index (χ3n) is 4.10. The number of nitrogens with two attached hydrogens (primary N) is 2. The third kappa shape index (κ3) is 3.32. The summed E-state index contributed by atoms with van der Waals surface area (Å²) in [5, 5.41) is 3.65. The highest BCUT2D eigenvalue weighted by Gasteiger charge is 2.17. The molecular weight excluding hydrogens is 335 g/mol. The van der Waals surface area contributed by atoms with Gasteiger partial charge in [-0.2, -0.15) is 0 Å². The summed E-state index contributed by atoms with van der Waals surface area (Å²) in [5.74, 6) is -1.22. The van der Waals surface area contributed by atoms with Gasteiger partial charge in [-0.3, -0.25) is 9.59 Å². The van der Waals surface area contributed by atoms with Crippen molar-refractivity contribution in [2.75, 3.05) is 5.73 Å². The summed E-state index contributed by atoms with van der Waals surface area (Å²) in [5.41, 5.74) is 12.8. The Balaban J connectivity index is 2.07. The number of pyridine rings is 1. The molecule has 0 radical (unpaired) electrons. The summed E-state index contributed by atoms with van der Waals surface area (Å²) in [6.45, 7) is 1.50. The van der Waals surface area contributed by atoms with Crippen LogP contribution in [0.15, 0.2) is 48.7 Å². The lowest BCUT2D eigenvalue weighted by atomic mass is 9.99. The average Bonchev–Trinajstić information content (AvgIpc) is 2.61. The van der Waals surface area contributed by atoms with Crippen LogP contribution in [0.25, 0.3) is 21.9 Å². The zero-order chi connectivity index (χ0) is 18.8. The molecule has 2 amide bonds. The maximum absolute atomic E-state index is 13.5. The van der Waals surface area contributed by atoms with E-state index in [0.717, 1.165) is 5.56 Å². The fraction of sp³-hybridized carbons (Fsp3) is 0.105. The van der Waals surface area contributed by atoms with Gasteiger partial charge in [0.1, 0.15) is 17.7 Å². The molecule has 3 aromatic rings. The van der Waals surface area contributed by atoms with Gasteiger partial charge in [-0.05, 0) is 41.6 Å². The van der Waals surface area contributed by atoms with Crippen molar-refractivity contribution in [3.05, 3.63) is 60.0 Å². The van der Waals surface area contributed by atoms with E-state index in [9.17, 15) is 14.0 Å². The number of anilines is 1. The van der Waals surface area contributed by atoms with Gasteiger partial charge in [0, 0.05) is 11.6 Å². The van der Waals surface area contributed by atoms with E-state index >= 15 is 0 Å². The second kappa shape index (κ2) is 6.79. The van der Waals surface area contributed by atoms with Crippen molar-refractivity contribution in [2.45, 2.75) is 13.0 Å². The van der Waals surface area contributed by atoms with Crippen LogP contribution in [0.5, 0.6) is 0 Å². The van der Waals surface area contributed by atoms with E-state index in [0.29, 0.717) is 16.3 Å². The smallest absolute Gasteiger partial charge is 0.254 e. The van der Waals surface area contributed by atoms with Gasteiger partial charge >= 0.3 is 0 Å². The first-order chi connectivity index (χ1) is 12.4. The van der Waals surface area contributed by atoms with Crippen LogP contribution in [0.1, 0.15) is 17.3 Å². The van der Waals surface area contributed by atoms with Crippen molar-refractivity contribution in [1.29, 1.82) is 0 Å². The summed E-state index contributed by atoms with van der Waals surface area (Å²) in [4.78, 5) is 27.6. The number of hydrogen-bond acceptors (Lipinski definition) is 4. The molecule has 0 saturated carbocycles. The highest BCUT2D eigenvalue weighted by atomic mass is 19.1. The van der Waals surface area contributed by atoms with Gasteiger partial charge in [0.15, 0.2) is 0 Å². The number of nitrogen functional groups attached to an aromatic ring is 1. The van der Waals surface area contributed by atoms with E-state index in [1.54, 1.807) is 30.3 Å². The number of aromatic nitrogens is 1. The molecular formula is C19H17FN4O2. The Morgan fingerprint density at radius 3 is 2.54 bits per heavy atom. The highest BCUT2D eigenvalue weighted by molar-refractivity contribution is 6.10. The summed E-state index contributed by atoms with van der Waals surface area (Å²) >= 11 is 0. The molecule has 1 aromatic heterocycles. The number of carbonyl (C=O) groups is 2. The number of hydrogen-bond donors (Lipinski definition) is 3. The highest BCUT2D eigenvalue weighted by Crippen LogP contribution is 2.29. The Morgan fingerprint density at radius 2 is 1.85 bits per heavy atom. The van der Waals surface area contributed by atoms with Crippen LogP contribution in [0.4, 0.5) is 10.2 Å². The number of nitrogens with one attached hydrogen (secondary N) is 1. The third-order valence-corrected chi connectivity index (χ3v) is 4.10. The standard InChI is InChI=1S/C19H17FN4O2/c1-10(18(22)25)24-19(26)16-9-23-17(21)15-8-12(5-6-14(15)16)11-3-2-4-13(20)7-11/h2-10H,1H3,(H2,21,23)(H2,22,25)(H,24,26)/t10-/m1/s1. The second-order valence-electron chi connectivity index (χ2n) is 5.93. The number of amides is 2. The molecule has 6 nitrogen and oxygen atoms in total. The molecule has 0 unspecified atom stereocenters. The molecule has 0 spiro atoms. The monoisotopic (exact) mass is 352 g/mol. The molecule has 5 N–H and O–H groups in total. The van der Waals surface area contributed by atoms with Crippen molar-refractivity contribution in [3.63, 3.8) is 0 Å². The Hall–Kier alpha value is -3.48. The summed E-state index contributed by atoms with van der Waals surface area (Å²) < 4.78 is 13.5. The SMILES string of the molecule is C[C@@H](NC(=O)c1cnc(N)c2cc(-c3cccc(F)c3)ccc12)C(N)=O. The lowest BCUT2D eigenvalue weighted by Crippen LogP contribution is -2.42. The summed E-state index contributed by atoms with van der Waals surface area (Å²) in [6, 6.07) is 10.6. The van der Waals surface area contributed by atoms with Crippen LogP contribution < -0.4 is 16.8 Å². The topological polar surface area (TPSA) is 111 Å². The van der Waals surface area contributed by atoms with E-state index in [4.69, 9.17) is 11.5 Å². The van der Waals surface area contributed by atoms with Crippen LogP contribution in [0, 0.1) is 5.82 Å². The molecule has 132 valence electrons. The van der Waals surface area contributed by atoms with Gasteiger partial charge in [0.05, 0.1) is 5.56 Å². The number of benzene rings is 2. The van der Waals surface area contributed by atoms with Crippen LogP contribution in [-0.2, 0) is 4.79 Å². The molecule has 7 heteroatoms. The maximum Gasteiger partial charge on any atom is 0.254 e. The first-order valence-electron chi connectivity index (χ1n) is 7.91. The normalized spacial score (nSPS) is 11.9. The molecule has 2 aromatic carbocycles. The van der Waals surface area contributed by atoms with E-state index in [1.807, 2.05) is 0 Å². The van der Waals surface area contributed by atoms with Crippen molar-refractivity contribution in [3.8, 4) is 11.1 Å². The summed E-state index contributed by atoms with van der Waals surface area (Å²) in [7, 11) is 0.